The van der Waals surface area contributed by atoms with E-state index in [1.54, 1.807) is 18.2 Å². The van der Waals surface area contributed by atoms with E-state index in [-0.39, 0.29) is 49.5 Å². The van der Waals surface area contributed by atoms with Crippen molar-refractivity contribution >= 4 is 40.8 Å². The molecule has 4 N–H and O–H groups in total. The largest absolute Gasteiger partial charge is 0.495 e. The summed E-state index contributed by atoms with van der Waals surface area (Å²) in [6.45, 7) is 6.61. The molecule has 240 valence electrons. The second-order valence-corrected chi connectivity index (χ2v) is 14.1. The highest BCUT2D eigenvalue weighted by molar-refractivity contribution is 6.31. The number of nitrogens with one attached hydrogen (secondary N) is 1. The molecule has 1 amide bonds. The number of amides is 1. The molecule has 1 saturated carbocycles. The normalized spacial score (nSPS) is 23.6. The average molecular weight is 661 g/mol. The molecule has 0 aromatic heterocycles. The van der Waals surface area contributed by atoms with Crippen LogP contribution < -0.4 is 15.8 Å². The fraction of sp³-hybridized carbons (Fsp3) is 0.412. The van der Waals surface area contributed by atoms with Gasteiger partial charge in [-0.25, -0.2) is 13.6 Å². The number of aromatic carboxylic acids is 1. The van der Waals surface area contributed by atoms with Crippen LogP contribution in [-0.2, 0) is 10.3 Å². The number of carboxylic acid groups (broad SMARTS) is 1. The van der Waals surface area contributed by atoms with Gasteiger partial charge in [0.1, 0.15) is 17.4 Å². The smallest absolute Gasteiger partial charge is 0.335 e. The highest BCUT2D eigenvalue weighted by Gasteiger charge is 2.62. The molecule has 3 aromatic carbocycles. The SMILES string of the molecule is COc1cc(C(=O)O)ccc1NC(=O)[C@H]1[C@H](c2cccc(Cl)c2F)[C@@](N)(c2ccc(Cl)cc2F)[C@H](CC(C)(C)C)N1CC1CC1. The van der Waals surface area contributed by atoms with Crippen molar-refractivity contribution in [3.8, 4) is 5.75 Å². The van der Waals surface area contributed by atoms with E-state index in [0.29, 0.717) is 13.0 Å². The molecule has 7 nitrogen and oxygen atoms in total. The Kier molecular flexibility index (Phi) is 9.21. The van der Waals surface area contributed by atoms with Gasteiger partial charge in [0.15, 0.2) is 0 Å². The van der Waals surface area contributed by atoms with Crippen molar-refractivity contribution < 1.29 is 28.2 Å². The zero-order valence-electron chi connectivity index (χ0n) is 25.5. The van der Waals surface area contributed by atoms with Gasteiger partial charge >= 0.3 is 5.97 Å². The summed E-state index contributed by atoms with van der Waals surface area (Å²) < 4.78 is 37.6. The third-order valence-electron chi connectivity index (χ3n) is 8.80. The molecule has 2 aliphatic rings. The Bertz CT molecular complexity index is 1630. The molecule has 1 heterocycles. The summed E-state index contributed by atoms with van der Waals surface area (Å²) in [5.41, 5.74) is 5.97. The standard InChI is InChI=1S/C34H37Cl2F2N3O4/c1-33(2,3)16-27-34(39,22-12-11-20(35)15-24(22)37)28(21-6-5-7-23(36)29(21)38)30(41(27)17-18-8-9-18)31(42)40-25-13-10-19(32(43)44)14-26(25)45-4/h5-7,10-15,18,27-28,30H,8-9,16-17,39H2,1-4H3,(H,40,42)(H,43,44)/t27-,28-,30+,34+/m0/s1. The van der Waals surface area contributed by atoms with E-state index in [2.05, 4.69) is 5.32 Å². The van der Waals surface area contributed by atoms with Crippen LogP contribution in [-0.4, -0.2) is 47.6 Å². The van der Waals surface area contributed by atoms with Crippen molar-refractivity contribution in [3.63, 3.8) is 0 Å². The molecule has 0 radical (unpaired) electrons. The molecule has 2 fully saturated rings. The molecule has 4 atom stereocenters. The molecular weight excluding hydrogens is 623 g/mol. The third kappa shape index (κ3) is 6.54. The van der Waals surface area contributed by atoms with Gasteiger partial charge in [-0.3, -0.25) is 9.69 Å². The molecule has 3 aromatic rings. The van der Waals surface area contributed by atoms with Crippen LogP contribution in [0.4, 0.5) is 14.5 Å². The second-order valence-electron chi connectivity index (χ2n) is 13.3. The maximum atomic E-state index is 16.1. The third-order valence-corrected chi connectivity index (χ3v) is 9.33. The summed E-state index contributed by atoms with van der Waals surface area (Å²) in [7, 11) is 1.36. The summed E-state index contributed by atoms with van der Waals surface area (Å²) in [5.74, 6) is -3.75. The minimum atomic E-state index is -1.61. The van der Waals surface area contributed by atoms with Gasteiger partial charge in [0.25, 0.3) is 0 Å². The van der Waals surface area contributed by atoms with E-state index in [4.69, 9.17) is 33.7 Å². The summed E-state index contributed by atoms with van der Waals surface area (Å²) in [5, 5.41) is 12.4. The van der Waals surface area contributed by atoms with Crippen LogP contribution in [0.5, 0.6) is 5.75 Å². The number of carbonyl (C=O) groups is 2. The quantitative estimate of drug-likeness (QED) is 0.220. The van der Waals surface area contributed by atoms with Crippen molar-refractivity contribution in [2.24, 2.45) is 17.1 Å². The van der Waals surface area contributed by atoms with Crippen LogP contribution in [0.2, 0.25) is 10.0 Å². The number of benzene rings is 3. The van der Waals surface area contributed by atoms with Gasteiger partial charge in [-0.05, 0) is 72.6 Å². The lowest BCUT2D eigenvalue weighted by Crippen LogP contribution is -2.53. The Hall–Kier alpha value is -3.24. The highest BCUT2D eigenvalue weighted by atomic mass is 35.5. The van der Waals surface area contributed by atoms with Gasteiger partial charge in [0, 0.05) is 29.1 Å². The lowest BCUT2D eigenvalue weighted by atomic mass is 9.68. The molecule has 11 heteroatoms. The summed E-state index contributed by atoms with van der Waals surface area (Å²) in [4.78, 5) is 28.2. The molecule has 0 spiro atoms. The first-order valence-electron chi connectivity index (χ1n) is 14.8. The zero-order chi connectivity index (χ0) is 32.8. The maximum Gasteiger partial charge on any atom is 0.335 e. The Morgan fingerprint density at radius 1 is 1.11 bits per heavy atom. The van der Waals surface area contributed by atoms with Crippen LogP contribution >= 0.6 is 23.2 Å². The number of carboxylic acids is 1. The number of hydrogen-bond donors (Lipinski definition) is 3. The van der Waals surface area contributed by atoms with Crippen LogP contribution in [0.25, 0.3) is 0 Å². The van der Waals surface area contributed by atoms with Crippen LogP contribution in [0.1, 0.15) is 67.4 Å². The summed E-state index contributed by atoms with van der Waals surface area (Å²) in [6.07, 6.45) is 2.37. The first-order chi connectivity index (χ1) is 21.1. The Balaban J connectivity index is 1.75. The Morgan fingerprint density at radius 2 is 1.82 bits per heavy atom. The number of nitrogens with two attached hydrogens (primary N) is 1. The van der Waals surface area contributed by atoms with Crippen molar-refractivity contribution in [3.05, 3.63) is 93.0 Å². The highest BCUT2D eigenvalue weighted by Crippen LogP contribution is 2.55. The first kappa shape index (κ1) is 33.1. The van der Waals surface area contributed by atoms with Gasteiger partial charge < -0.3 is 20.9 Å². The van der Waals surface area contributed by atoms with Gasteiger partial charge in [0.05, 0.1) is 35.0 Å². The molecule has 0 bridgehead atoms. The van der Waals surface area contributed by atoms with Crippen LogP contribution in [0.3, 0.4) is 0 Å². The molecule has 45 heavy (non-hydrogen) atoms. The van der Waals surface area contributed by atoms with Gasteiger partial charge in [-0.2, -0.15) is 0 Å². The summed E-state index contributed by atoms with van der Waals surface area (Å²) >= 11 is 12.5. The van der Waals surface area contributed by atoms with Gasteiger partial charge in [0.2, 0.25) is 5.91 Å². The molecular formula is C34H37Cl2F2N3O4. The molecule has 1 aliphatic carbocycles. The van der Waals surface area contributed by atoms with Crippen LogP contribution in [0.15, 0.2) is 54.6 Å². The fourth-order valence-electron chi connectivity index (χ4n) is 6.65. The van der Waals surface area contributed by atoms with E-state index < -0.39 is 47.1 Å². The number of rotatable bonds is 9. The number of anilines is 1. The van der Waals surface area contributed by atoms with E-state index in [1.807, 2.05) is 25.7 Å². The monoisotopic (exact) mass is 659 g/mol. The molecule has 5 rings (SSSR count). The van der Waals surface area contributed by atoms with E-state index in [9.17, 15) is 14.7 Å². The molecule has 0 unspecified atom stereocenters. The average Bonchev–Trinajstić information content (AvgIpc) is 3.75. The van der Waals surface area contributed by atoms with Crippen molar-refractivity contribution in [1.29, 1.82) is 0 Å². The lowest BCUT2D eigenvalue weighted by molar-refractivity contribution is -0.121. The zero-order valence-corrected chi connectivity index (χ0v) is 27.1. The number of likely N-dealkylation sites (tertiary alicyclic amines) is 1. The first-order valence-corrected chi connectivity index (χ1v) is 15.6. The number of halogens is 4. The maximum absolute atomic E-state index is 16.1. The van der Waals surface area contributed by atoms with Gasteiger partial charge in [-0.15, -0.1) is 0 Å². The number of hydrogen-bond acceptors (Lipinski definition) is 5. The van der Waals surface area contributed by atoms with E-state index in [1.165, 1.54) is 43.5 Å². The van der Waals surface area contributed by atoms with Crippen molar-refractivity contribution in [2.75, 3.05) is 19.0 Å². The van der Waals surface area contributed by atoms with E-state index >= 15 is 8.78 Å². The minimum Gasteiger partial charge on any atom is -0.495 e. The molecule has 1 saturated heterocycles. The fourth-order valence-corrected chi connectivity index (χ4v) is 6.99. The Morgan fingerprint density at radius 3 is 2.42 bits per heavy atom. The Labute approximate surface area is 271 Å². The van der Waals surface area contributed by atoms with Crippen LogP contribution in [0, 0.1) is 23.0 Å². The van der Waals surface area contributed by atoms with Gasteiger partial charge in [-0.1, -0.05) is 62.2 Å². The predicted octanol–water partition coefficient (Wildman–Crippen LogP) is 7.45. The predicted molar refractivity (Wildman–Crippen MR) is 171 cm³/mol. The van der Waals surface area contributed by atoms with Crippen molar-refractivity contribution in [2.45, 2.75) is 63.6 Å². The van der Waals surface area contributed by atoms with Crippen molar-refractivity contribution in [1.82, 2.24) is 4.90 Å². The van der Waals surface area contributed by atoms with E-state index in [0.717, 1.165) is 12.8 Å². The topological polar surface area (TPSA) is 105 Å². The number of nitrogens with zero attached hydrogens (tertiary/aromatic N) is 1. The number of methoxy groups -OCH3 is 1. The number of carbonyl (C=O) groups excluding carboxylic acids is 1. The lowest BCUT2D eigenvalue weighted by Gasteiger charge is -2.41. The summed E-state index contributed by atoms with van der Waals surface area (Å²) in [6, 6.07) is 11.2. The number of ether oxygens (including phenoxy) is 1. The minimum absolute atomic E-state index is 0.0237. The molecule has 1 aliphatic heterocycles. The second kappa shape index (κ2) is 12.5.